The van der Waals surface area contributed by atoms with Crippen molar-refractivity contribution in [3.8, 4) is 0 Å². The molecule has 4 aromatic rings. The first kappa shape index (κ1) is 25.2. The van der Waals surface area contributed by atoms with Crippen LogP contribution in [-0.2, 0) is 18.1 Å². The molecule has 1 aliphatic rings. The molecule has 0 fully saturated rings. The summed E-state index contributed by atoms with van der Waals surface area (Å²) < 4.78 is 39.9. The number of aliphatic imine (C=N–C) groups is 1. The van der Waals surface area contributed by atoms with Gasteiger partial charge in [0.05, 0.1) is 34.5 Å². The Balaban J connectivity index is 1.49. The first-order valence-corrected chi connectivity index (χ1v) is 11.9. The highest BCUT2D eigenvalue weighted by molar-refractivity contribution is 5.98. The molecule has 0 bridgehead atoms. The van der Waals surface area contributed by atoms with Crippen LogP contribution in [-0.4, -0.2) is 35.3 Å². The van der Waals surface area contributed by atoms with Gasteiger partial charge in [-0.3, -0.25) is 19.8 Å². The summed E-state index contributed by atoms with van der Waals surface area (Å²) in [6.07, 6.45) is -0.0856. The van der Waals surface area contributed by atoms with Crippen molar-refractivity contribution in [1.82, 2.24) is 15.3 Å². The quantitative estimate of drug-likeness (QED) is 0.376. The van der Waals surface area contributed by atoms with Crippen LogP contribution in [0.4, 0.5) is 24.5 Å². The second kappa shape index (κ2) is 9.77. The van der Waals surface area contributed by atoms with E-state index in [2.05, 4.69) is 25.2 Å². The van der Waals surface area contributed by atoms with E-state index < -0.39 is 23.2 Å². The molecule has 0 spiro atoms. The number of nitrogens with one attached hydrogen (secondary N) is 1. The van der Waals surface area contributed by atoms with Crippen LogP contribution >= 0.6 is 0 Å². The molecule has 2 aromatic heterocycles. The average Bonchev–Trinajstić information content (AvgIpc) is 3.43. The topological polar surface area (TPSA) is 96.5 Å². The first-order valence-electron chi connectivity index (χ1n) is 11.9. The number of aromatic nitrogens is 2. The van der Waals surface area contributed by atoms with Crippen molar-refractivity contribution in [2.75, 3.05) is 23.8 Å². The summed E-state index contributed by atoms with van der Waals surface area (Å²) in [5, 5.41) is 3.78. The zero-order valence-corrected chi connectivity index (χ0v) is 20.5. The fraction of sp³-hybridized carbons (Fsp3) is 0.214. The minimum absolute atomic E-state index is 0.151. The Labute approximate surface area is 217 Å². The number of nitrogen functional groups attached to an aromatic ring is 1. The van der Waals surface area contributed by atoms with Crippen molar-refractivity contribution in [2.45, 2.75) is 25.1 Å². The van der Waals surface area contributed by atoms with Crippen LogP contribution < -0.4 is 16.0 Å². The highest BCUT2D eigenvalue weighted by Gasteiger charge is 2.36. The summed E-state index contributed by atoms with van der Waals surface area (Å²) in [4.78, 5) is 28.1. The van der Waals surface area contributed by atoms with Gasteiger partial charge in [0, 0.05) is 41.7 Å². The molecule has 10 heteroatoms. The van der Waals surface area contributed by atoms with Crippen molar-refractivity contribution in [3.63, 3.8) is 0 Å². The average molecular weight is 519 g/mol. The van der Waals surface area contributed by atoms with E-state index >= 15 is 0 Å². The van der Waals surface area contributed by atoms with E-state index in [4.69, 9.17) is 5.73 Å². The normalized spacial score (nSPS) is 15.0. The van der Waals surface area contributed by atoms with Gasteiger partial charge in [-0.25, -0.2) is 0 Å². The Bertz CT molecular complexity index is 1510. The molecule has 0 aliphatic carbocycles. The summed E-state index contributed by atoms with van der Waals surface area (Å²) >= 11 is 0. The second-order valence-corrected chi connectivity index (χ2v) is 9.43. The molecule has 2 aromatic carbocycles. The number of anilines is 2. The van der Waals surface area contributed by atoms with Crippen LogP contribution in [0.25, 0.3) is 10.9 Å². The molecule has 3 N–H and O–H groups in total. The summed E-state index contributed by atoms with van der Waals surface area (Å²) in [5.41, 5.74) is 6.90. The number of benzene rings is 2. The van der Waals surface area contributed by atoms with E-state index in [9.17, 15) is 18.0 Å². The van der Waals surface area contributed by atoms with E-state index in [1.165, 1.54) is 0 Å². The summed E-state index contributed by atoms with van der Waals surface area (Å²) in [5.74, 6) is -0.412. The maximum atomic E-state index is 13.4. The molecule has 0 radical (unpaired) electrons. The fourth-order valence-electron chi connectivity index (χ4n) is 4.61. The van der Waals surface area contributed by atoms with Crippen LogP contribution in [0.5, 0.6) is 0 Å². The first-order chi connectivity index (χ1) is 18.1. The van der Waals surface area contributed by atoms with Gasteiger partial charge in [-0.15, -0.1) is 0 Å². The van der Waals surface area contributed by atoms with Gasteiger partial charge in [-0.1, -0.05) is 18.2 Å². The summed E-state index contributed by atoms with van der Waals surface area (Å²) in [7, 11) is 0. The number of halogens is 3. The molecule has 38 heavy (non-hydrogen) atoms. The number of hydrogen-bond donors (Lipinski definition) is 2. The van der Waals surface area contributed by atoms with Crippen LogP contribution in [0.15, 0.2) is 78.0 Å². The van der Waals surface area contributed by atoms with E-state index in [-0.39, 0.29) is 17.8 Å². The van der Waals surface area contributed by atoms with E-state index in [1.54, 1.807) is 37.4 Å². The second-order valence-electron chi connectivity index (χ2n) is 9.43. The van der Waals surface area contributed by atoms with Crippen molar-refractivity contribution in [1.29, 1.82) is 0 Å². The van der Waals surface area contributed by atoms with Crippen molar-refractivity contribution >= 4 is 34.4 Å². The van der Waals surface area contributed by atoms with Gasteiger partial charge >= 0.3 is 6.18 Å². The van der Waals surface area contributed by atoms with Crippen molar-refractivity contribution in [2.24, 2.45) is 4.99 Å². The third-order valence-corrected chi connectivity index (χ3v) is 6.56. The largest absolute Gasteiger partial charge is 0.417 e. The van der Waals surface area contributed by atoms with Crippen LogP contribution in [0.1, 0.15) is 34.1 Å². The predicted molar refractivity (Wildman–Crippen MR) is 141 cm³/mol. The zero-order valence-electron chi connectivity index (χ0n) is 20.5. The number of nitrogens with zero attached hydrogens (tertiary/aromatic N) is 4. The molecule has 1 aliphatic heterocycles. The molecule has 3 heterocycles. The number of amides is 1. The lowest BCUT2D eigenvalue weighted by molar-refractivity contribution is -0.137. The lowest BCUT2D eigenvalue weighted by Crippen LogP contribution is -2.46. The molecule has 194 valence electrons. The zero-order chi connectivity index (χ0) is 26.9. The SMILES string of the molecule is CC(Cc1ccc(N2CC=NC2)cc1)(NC(=O)c1ccc2ncccc2c1)c1ncc(C(F)(F)F)cc1N. The molecule has 1 atom stereocenters. The molecule has 7 nitrogen and oxygen atoms in total. The van der Waals surface area contributed by atoms with Crippen molar-refractivity contribution in [3.05, 3.63) is 95.4 Å². The van der Waals surface area contributed by atoms with E-state index in [1.807, 2.05) is 36.5 Å². The number of rotatable bonds is 6. The third kappa shape index (κ3) is 5.15. The maximum Gasteiger partial charge on any atom is 0.417 e. The highest BCUT2D eigenvalue weighted by atomic mass is 19.4. The standard InChI is InChI=1S/C28H25F3N6O/c1-27(25-23(32)14-21(16-35-25)28(29,30)31,15-18-4-7-22(8-5-18)37-12-11-33-17-37)36-26(38)20-6-9-24-19(13-20)3-2-10-34-24/h2-11,13-14,16H,12,15,17,32H2,1H3,(H,36,38). The number of pyridine rings is 2. The lowest BCUT2D eigenvalue weighted by Gasteiger charge is -2.32. The fourth-order valence-corrected chi connectivity index (χ4v) is 4.61. The summed E-state index contributed by atoms with van der Waals surface area (Å²) in [6.45, 7) is 3.02. The molecule has 0 saturated carbocycles. The smallest absolute Gasteiger partial charge is 0.397 e. The Morgan fingerprint density at radius 1 is 1.08 bits per heavy atom. The number of fused-ring (bicyclic) bond motifs is 1. The van der Waals surface area contributed by atoms with Gasteiger partial charge in [-0.2, -0.15) is 13.2 Å². The number of hydrogen-bond acceptors (Lipinski definition) is 6. The van der Waals surface area contributed by atoms with Gasteiger partial charge < -0.3 is 16.0 Å². The predicted octanol–water partition coefficient (Wildman–Crippen LogP) is 4.97. The Morgan fingerprint density at radius 2 is 1.87 bits per heavy atom. The molecule has 1 amide bonds. The molecule has 0 saturated heterocycles. The Kier molecular flexibility index (Phi) is 6.48. The van der Waals surface area contributed by atoms with Gasteiger partial charge in [-0.05, 0) is 55.0 Å². The van der Waals surface area contributed by atoms with Gasteiger partial charge in [0.25, 0.3) is 5.91 Å². The van der Waals surface area contributed by atoms with Crippen LogP contribution in [0.2, 0.25) is 0 Å². The summed E-state index contributed by atoms with van der Waals surface area (Å²) in [6, 6.07) is 17.3. The number of carbonyl (C=O) groups excluding carboxylic acids is 1. The Hall–Kier alpha value is -4.47. The van der Waals surface area contributed by atoms with Crippen LogP contribution in [0.3, 0.4) is 0 Å². The van der Waals surface area contributed by atoms with Gasteiger partial charge in [0.1, 0.15) is 6.67 Å². The number of alkyl halides is 3. The van der Waals surface area contributed by atoms with E-state index in [0.717, 1.165) is 41.0 Å². The third-order valence-electron chi connectivity index (χ3n) is 6.56. The van der Waals surface area contributed by atoms with Crippen molar-refractivity contribution < 1.29 is 18.0 Å². The number of nitrogens with two attached hydrogens (primary N) is 1. The Morgan fingerprint density at radius 3 is 2.55 bits per heavy atom. The van der Waals surface area contributed by atoms with E-state index in [0.29, 0.717) is 12.2 Å². The number of carbonyl (C=O) groups is 1. The minimum Gasteiger partial charge on any atom is -0.397 e. The molecule has 5 rings (SSSR count). The highest BCUT2D eigenvalue weighted by Crippen LogP contribution is 2.35. The van der Waals surface area contributed by atoms with Gasteiger partial charge in [0.15, 0.2) is 0 Å². The molecular formula is C28H25F3N6O. The molecule has 1 unspecified atom stereocenters. The molecular weight excluding hydrogens is 493 g/mol. The lowest BCUT2D eigenvalue weighted by atomic mass is 9.87. The maximum absolute atomic E-state index is 13.4. The van der Waals surface area contributed by atoms with Crippen LogP contribution in [0, 0.1) is 0 Å². The minimum atomic E-state index is -4.59. The monoisotopic (exact) mass is 518 g/mol. The van der Waals surface area contributed by atoms with Gasteiger partial charge in [0.2, 0.25) is 0 Å².